The molecular weight excluding hydrogens is 172 g/mol. The summed E-state index contributed by atoms with van der Waals surface area (Å²) >= 11 is 0. The normalized spacial score (nSPS) is 24.9. The fourth-order valence-electron chi connectivity index (χ4n) is 0.948. The topological polar surface area (TPSA) is 83.8 Å². The molecule has 0 bridgehead atoms. The fraction of sp³-hybridized carbons (Fsp3) is 1.00. The van der Waals surface area contributed by atoms with Crippen LogP contribution in [0.5, 0.6) is 0 Å². The van der Waals surface area contributed by atoms with Gasteiger partial charge in [0.05, 0.1) is 13.2 Å². The van der Waals surface area contributed by atoms with Crippen molar-refractivity contribution in [1.82, 2.24) is 0 Å². The monoisotopic (exact) mass is 182 g/mol. The summed E-state index contributed by atoms with van der Waals surface area (Å²) in [4.78, 5) is -1.98. The minimum Gasteiger partial charge on any atom is -0.381 e. The summed E-state index contributed by atoms with van der Waals surface area (Å²) in [5.41, 5.74) is 0. The highest BCUT2D eigenvalue weighted by molar-refractivity contribution is 7.87. The first-order valence-electron chi connectivity index (χ1n) is 3.23. The molecule has 0 unspecified atom stereocenters. The molecule has 11 heavy (non-hydrogen) atoms. The van der Waals surface area contributed by atoms with Crippen molar-refractivity contribution in [3.05, 3.63) is 0 Å². The molecule has 6 heteroatoms. The Labute approximate surface area is 64.7 Å². The minimum absolute atomic E-state index is 0.0637. The van der Waals surface area contributed by atoms with E-state index in [4.69, 9.17) is 9.29 Å². The first-order valence-corrected chi connectivity index (χ1v) is 4.67. The molecule has 1 saturated heterocycles. The Balaban J connectivity index is 2.81. The molecule has 2 N–H and O–H groups in total. The van der Waals surface area contributed by atoms with Crippen LogP contribution in [-0.4, -0.2) is 36.2 Å². The van der Waals surface area contributed by atoms with Gasteiger partial charge >= 0.3 is 0 Å². The fourth-order valence-corrected chi connectivity index (χ4v) is 1.63. The lowest BCUT2D eigenvalue weighted by molar-refractivity contribution is -0.0163. The number of aliphatic hydroxyl groups is 1. The van der Waals surface area contributed by atoms with E-state index < -0.39 is 15.1 Å². The van der Waals surface area contributed by atoms with Crippen LogP contribution < -0.4 is 0 Å². The molecule has 0 radical (unpaired) electrons. The van der Waals surface area contributed by atoms with Gasteiger partial charge in [-0.1, -0.05) is 0 Å². The average molecular weight is 182 g/mol. The Morgan fingerprint density at radius 1 is 1.27 bits per heavy atom. The standard InChI is InChI=1S/C5H10O5S/c6-5(11(7,8)9)1-3-10-4-2-5/h6H,1-4H2,(H,7,8,9). The maximum absolute atomic E-state index is 10.6. The van der Waals surface area contributed by atoms with E-state index >= 15 is 0 Å². The number of rotatable bonds is 1. The van der Waals surface area contributed by atoms with Gasteiger partial charge in [-0.2, -0.15) is 8.42 Å². The van der Waals surface area contributed by atoms with Gasteiger partial charge in [0.15, 0.2) is 4.93 Å². The summed E-state index contributed by atoms with van der Waals surface area (Å²) in [6, 6.07) is 0. The van der Waals surface area contributed by atoms with Crippen LogP contribution in [0.1, 0.15) is 12.8 Å². The van der Waals surface area contributed by atoms with E-state index in [0.717, 1.165) is 0 Å². The lowest BCUT2D eigenvalue weighted by Crippen LogP contribution is -2.43. The summed E-state index contributed by atoms with van der Waals surface area (Å²) in [6.45, 7) is 0.326. The predicted octanol–water partition coefficient (Wildman–Crippen LogP) is -0.627. The van der Waals surface area contributed by atoms with Crippen molar-refractivity contribution in [2.45, 2.75) is 17.8 Å². The van der Waals surface area contributed by atoms with Gasteiger partial charge in [0.2, 0.25) is 0 Å². The van der Waals surface area contributed by atoms with Crippen molar-refractivity contribution in [2.24, 2.45) is 0 Å². The van der Waals surface area contributed by atoms with E-state index in [1.165, 1.54) is 0 Å². The van der Waals surface area contributed by atoms with E-state index in [0.29, 0.717) is 0 Å². The molecule has 1 aliphatic heterocycles. The van der Waals surface area contributed by atoms with Crippen molar-refractivity contribution in [2.75, 3.05) is 13.2 Å². The van der Waals surface area contributed by atoms with Gasteiger partial charge in [-0.15, -0.1) is 0 Å². The molecular formula is C5H10O5S. The van der Waals surface area contributed by atoms with Crippen molar-refractivity contribution in [3.63, 3.8) is 0 Å². The summed E-state index contributed by atoms with van der Waals surface area (Å²) in [5, 5.41) is 9.29. The SMILES string of the molecule is O=S(=O)(O)C1(O)CCOCC1. The molecule has 0 spiro atoms. The molecule has 1 aliphatic rings. The van der Waals surface area contributed by atoms with Crippen molar-refractivity contribution in [3.8, 4) is 0 Å². The van der Waals surface area contributed by atoms with Crippen LogP contribution in [0.25, 0.3) is 0 Å². The minimum atomic E-state index is -4.35. The Morgan fingerprint density at radius 2 is 1.73 bits per heavy atom. The quantitative estimate of drug-likeness (QED) is 0.528. The maximum atomic E-state index is 10.6. The first-order chi connectivity index (χ1) is 4.96. The van der Waals surface area contributed by atoms with E-state index in [-0.39, 0.29) is 26.1 Å². The molecule has 0 saturated carbocycles. The van der Waals surface area contributed by atoms with Gasteiger partial charge in [0, 0.05) is 12.8 Å². The van der Waals surface area contributed by atoms with Gasteiger partial charge in [0.1, 0.15) is 0 Å². The van der Waals surface area contributed by atoms with Crippen LogP contribution >= 0.6 is 0 Å². The van der Waals surface area contributed by atoms with Gasteiger partial charge in [-0.3, -0.25) is 4.55 Å². The third kappa shape index (κ3) is 1.70. The Bertz CT molecular complexity index is 225. The number of hydrogen-bond donors (Lipinski definition) is 2. The van der Waals surface area contributed by atoms with Crippen LogP contribution in [0.4, 0.5) is 0 Å². The van der Waals surface area contributed by atoms with E-state index in [2.05, 4.69) is 0 Å². The largest absolute Gasteiger partial charge is 0.381 e. The second-order valence-electron chi connectivity index (χ2n) is 2.53. The molecule has 1 heterocycles. The molecule has 5 nitrogen and oxygen atoms in total. The number of ether oxygens (including phenoxy) is 1. The zero-order chi connectivity index (χ0) is 8.54. The molecule has 0 amide bonds. The molecule has 66 valence electrons. The number of hydrogen-bond acceptors (Lipinski definition) is 4. The predicted molar refractivity (Wildman–Crippen MR) is 36.6 cm³/mol. The third-order valence-electron chi connectivity index (χ3n) is 1.75. The Kier molecular flexibility index (Phi) is 2.19. The highest BCUT2D eigenvalue weighted by Gasteiger charge is 2.42. The van der Waals surface area contributed by atoms with Gasteiger partial charge in [0.25, 0.3) is 10.1 Å². The molecule has 1 rings (SSSR count). The van der Waals surface area contributed by atoms with Crippen LogP contribution in [0.2, 0.25) is 0 Å². The van der Waals surface area contributed by atoms with Crippen LogP contribution in [0.3, 0.4) is 0 Å². The average Bonchev–Trinajstić information content (AvgIpc) is 1.87. The van der Waals surface area contributed by atoms with Crippen LogP contribution in [-0.2, 0) is 14.9 Å². The summed E-state index contributed by atoms with van der Waals surface area (Å²) in [6.07, 6.45) is -0.127. The lowest BCUT2D eigenvalue weighted by atomic mass is 10.1. The van der Waals surface area contributed by atoms with Crippen molar-refractivity contribution in [1.29, 1.82) is 0 Å². The molecule has 1 fully saturated rings. The van der Waals surface area contributed by atoms with Gasteiger partial charge < -0.3 is 9.84 Å². The van der Waals surface area contributed by atoms with Crippen LogP contribution in [0, 0.1) is 0 Å². The third-order valence-corrected chi connectivity index (χ3v) is 3.12. The first kappa shape index (κ1) is 8.92. The molecule has 0 aromatic rings. The molecule has 0 aromatic heterocycles. The summed E-state index contributed by atoms with van der Waals surface area (Å²) in [7, 11) is -4.35. The zero-order valence-electron chi connectivity index (χ0n) is 5.86. The molecule has 0 aliphatic carbocycles. The maximum Gasteiger partial charge on any atom is 0.295 e. The highest BCUT2D eigenvalue weighted by Crippen LogP contribution is 2.25. The molecule has 0 atom stereocenters. The van der Waals surface area contributed by atoms with Gasteiger partial charge in [-0.05, 0) is 0 Å². The van der Waals surface area contributed by atoms with Crippen molar-refractivity contribution < 1.29 is 22.8 Å². The summed E-state index contributed by atoms with van der Waals surface area (Å²) in [5.74, 6) is 0. The van der Waals surface area contributed by atoms with Crippen LogP contribution in [0.15, 0.2) is 0 Å². The smallest absolute Gasteiger partial charge is 0.295 e. The zero-order valence-corrected chi connectivity index (χ0v) is 6.67. The van der Waals surface area contributed by atoms with E-state index in [9.17, 15) is 13.5 Å². The van der Waals surface area contributed by atoms with E-state index in [1.807, 2.05) is 0 Å². The second-order valence-corrected chi connectivity index (χ2v) is 4.24. The summed E-state index contributed by atoms with van der Waals surface area (Å²) < 4.78 is 34.5. The van der Waals surface area contributed by atoms with Gasteiger partial charge in [-0.25, -0.2) is 0 Å². The lowest BCUT2D eigenvalue weighted by Gasteiger charge is -2.28. The Morgan fingerprint density at radius 3 is 2.00 bits per heavy atom. The van der Waals surface area contributed by atoms with Crippen molar-refractivity contribution >= 4 is 10.1 Å². The molecule has 0 aromatic carbocycles. The van der Waals surface area contributed by atoms with E-state index in [1.54, 1.807) is 0 Å². The Hall–Kier alpha value is -0.170. The highest BCUT2D eigenvalue weighted by atomic mass is 32.2. The second kappa shape index (κ2) is 2.71.